The maximum Gasteiger partial charge on any atom is 0.251 e. The van der Waals surface area contributed by atoms with E-state index in [1.54, 1.807) is 6.92 Å². The lowest BCUT2D eigenvalue weighted by Gasteiger charge is -2.30. The van der Waals surface area contributed by atoms with Gasteiger partial charge < -0.3 is 15.6 Å². The van der Waals surface area contributed by atoms with E-state index < -0.39 is 0 Å². The molecule has 1 saturated carbocycles. The first kappa shape index (κ1) is 19.5. The monoisotopic (exact) mass is 375 g/mol. The van der Waals surface area contributed by atoms with Gasteiger partial charge >= 0.3 is 0 Å². The van der Waals surface area contributed by atoms with Gasteiger partial charge in [0.2, 0.25) is 11.8 Å². The van der Waals surface area contributed by atoms with Crippen LogP contribution >= 0.6 is 0 Å². The average molecular weight is 375 g/mol. The van der Waals surface area contributed by atoms with E-state index in [1.165, 1.54) is 25.8 Å². The second kappa shape index (κ2) is 8.65. The lowest BCUT2D eigenvalue weighted by molar-refractivity contribution is -0.123. The SMILES string of the molecule is CC(=O)NC[C@H]1CC[C@@H](CC(=O)NCc2cc(=O)[nH]c(C)n2)N1CC1CC1. The first-order valence-electron chi connectivity index (χ1n) is 9.74. The fraction of sp³-hybridized carbons (Fsp3) is 0.684. The summed E-state index contributed by atoms with van der Waals surface area (Å²) in [6, 6.07) is 1.92. The molecule has 0 aromatic carbocycles. The Morgan fingerprint density at radius 2 is 1.96 bits per heavy atom. The van der Waals surface area contributed by atoms with Crippen LogP contribution in [-0.4, -0.2) is 51.9 Å². The third-order valence-corrected chi connectivity index (χ3v) is 5.32. The van der Waals surface area contributed by atoms with Crippen LogP contribution in [0, 0.1) is 12.8 Å². The summed E-state index contributed by atoms with van der Waals surface area (Å²) in [6.07, 6.45) is 4.92. The second-order valence-corrected chi connectivity index (χ2v) is 7.77. The van der Waals surface area contributed by atoms with Crippen LogP contribution in [0.4, 0.5) is 0 Å². The zero-order valence-electron chi connectivity index (χ0n) is 16.1. The van der Waals surface area contributed by atoms with Gasteiger partial charge in [-0.3, -0.25) is 19.3 Å². The predicted octanol–water partition coefficient (Wildman–Crippen LogP) is 0.464. The molecular weight excluding hydrogens is 346 g/mol. The van der Waals surface area contributed by atoms with Crippen LogP contribution in [-0.2, 0) is 16.1 Å². The number of nitrogens with one attached hydrogen (secondary N) is 3. The summed E-state index contributed by atoms with van der Waals surface area (Å²) in [7, 11) is 0. The van der Waals surface area contributed by atoms with E-state index in [-0.39, 0.29) is 30.0 Å². The Labute approximate surface area is 159 Å². The Kier molecular flexibility index (Phi) is 6.26. The molecule has 1 aromatic rings. The number of aromatic amines is 1. The van der Waals surface area contributed by atoms with Gasteiger partial charge in [0.1, 0.15) is 5.82 Å². The molecule has 1 aliphatic heterocycles. The molecule has 0 spiro atoms. The van der Waals surface area contributed by atoms with Crippen molar-refractivity contribution in [3.05, 3.63) is 27.9 Å². The Hall–Kier alpha value is -2.22. The third-order valence-electron chi connectivity index (χ3n) is 5.32. The van der Waals surface area contributed by atoms with Crippen LogP contribution in [0.2, 0.25) is 0 Å². The van der Waals surface area contributed by atoms with Crippen molar-refractivity contribution in [2.75, 3.05) is 13.1 Å². The highest BCUT2D eigenvalue weighted by atomic mass is 16.2. The summed E-state index contributed by atoms with van der Waals surface area (Å²) >= 11 is 0. The maximum absolute atomic E-state index is 12.4. The molecule has 2 atom stereocenters. The fourth-order valence-electron chi connectivity index (χ4n) is 3.82. The van der Waals surface area contributed by atoms with Crippen molar-refractivity contribution in [2.24, 2.45) is 5.92 Å². The van der Waals surface area contributed by atoms with Crippen LogP contribution in [0.25, 0.3) is 0 Å². The lowest BCUT2D eigenvalue weighted by atomic mass is 10.1. The molecule has 0 radical (unpaired) electrons. The molecule has 3 rings (SSSR count). The van der Waals surface area contributed by atoms with E-state index >= 15 is 0 Å². The van der Waals surface area contributed by atoms with Gasteiger partial charge in [0.15, 0.2) is 0 Å². The molecule has 2 aliphatic rings. The molecule has 2 heterocycles. The Balaban J connectivity index is 1.53. The molecule has 3 N–H and O–H groups in total. The van der Waals surface area contributed by atoms with E-state index in [1.807, 2.05) is 0 Å². The number of H-pyrrole nitrogens is 1. The molecule has 1 aromatic heterocycles. The lowest BCUT2D eigenvalue weighted by Crippen LogP contribution is -2.45. The van der Waals surface area contributed by atoms with Gasteiger partial charge in [-0.25, -0.2) is 4.98 Å². The maximum atomic E-state index is 12.4. The van der Waals surface area contributed by atoms with E-state index in [0.29, 0.717) is 30.5 Å². The highest BCUT2D eigenvalue weighted by Gasteiger charge is 2.37. The first-order chi connectivity index (χ1) is 12.9. The molecule has 1 aliphatic carbocycles. The third kappa shape index (κ3) is 5.89. The van der Waals surface area contributed by atoms with Crippen molar-refractivity contribution in [1.29, 1.82) is 0 Å². The molecule has 0 bridgehead atoms. The fourth-order valence-corrected chi connectivity index (χ4v) is 3.82. The summed E-state index contributed by atoms with van der Waals surface area (Å²) < 4.78 is 0. The number of hydrogen-bond donors (Lipinski definition) is 3. The number of amides is 2. The molecular formula is C19H29N5O3. The van der Waals surface area contributed by atoms with Crippen LogP contribution in [0.3, 0.4) is 0 Å². The molecule has 0 unspecified atom stereocenters. The Bertz CT molecular complexity index is 743. The van der Waals surface area contributed by atoms with Crippen LogP contribution in [0.15, 0.2) is 10.9 Å². The van der Waals surface area contributed by atoms with E-state index in [2.05, 4.69) is 25.5 Å². The number of aromatic nitrogens is 2. The van der Waals surface area contributed by atoms with Gasteiger partial charge in [0.05, 0.1) is 12.2 Å². The van der Waals surface area contributed by atoms with Gasteiger partial charge in [-0.2, -0.15) is 0 Å². The van der Waals surface area contributed by atoms with Crippen molar-refractivity contribution in [3.63, 3.8) is 0 Å². The number of hydrogen-bond acceptors (Lipinski definition) is 5. The summed E-state index contributed by atoms with van der Waals surface area (Å²) in [6.45, 7) is 5.17. The van der Waals surface area contributed by atoms with Gasteiger partial charge in [-0.15, -0.1) is 0 Å². The number of carbonyl (C=O) groups is 2. The van der Waals surface area contributed by atoms with Gasteiger partial charge in [0.25, 0.3) is 5.56 Å². The van der Waals surface area contributed by atoms with E-state index in [4.69, 9.17) is 0 Å². The quantitative estimate of drug-likeness (QED) is 0.612. The molecule has 1 saturated heterocycles. The molecule has 27 heavy (non-hydrogen) atoms. The Morgan fingerprint density at radius 3 is 2.63 bits per heavy atom. The van der Waals surface area contributed by atoms with Crippen molar-refractivity contribution >= 4 is 11.8 Å². The normalized spacial score (nSPS) is 22.6. The zero-order chi connectivity index (χ0) is 19.4. The standard InChI is InChI=1S/C19H29N5O3/c1-12-22-15(7-19(27)23-12)9-21-18(26)8-16-5-6-17(10-20-13(2)25)24(16)11-14-3-4-14/h7,14,16-17H,3-6,8-11H2,1-2H3,(H,20,25)(H,21,26)(H,22,23,27)/t16-,17+/m0/s1. The van der Waals surface area contributed by atoms with Crippen LogP contribution in [0.1, 0.15) is 50.5 Å². The van der Waals surface area contributed by atoms with Crippen LogP contribution < -0.4 is 16.2 Å². The topological polar surface area (TPSA) is 107 Å². The van der Waals surface area contributed by atoms with Gasteiger partial charge in [-0.1, -0.05) is 0 Å². The minimum atomic E-state index is -0.209. The highest BCUT2D eigenvalue weighted by molar-refractivity contribution is 5.76. The number of likely N-dealkylation sites (tertiary alicyclic amines) is 1. The highest BCUT2D eigenvalue weighted by Crippen LogP contribution is 2.35. The minimum Gasteiger partial charge on any atom is -0.355 e. The zero-order valence-corrected chi connectivity index (χ0v) is 16.1. The Morgan fingerprint density at radius 1 is 1.22 bits per heavy atom. The number of nitrogens with zero attached hydrogens (tertiary/aromatic N) is 2. The van der Waals surface area contributed by atoms with Crippen molar-refractivity contribution in [3.8, 4) is 0 Å². The molecule has 8 heteroatoms. The number of aryl methyl sites for hydroxylation is 1. The van der Waals surface area contributed by atoms with E-state index in [0.717, 1.165) is 25.3 Å². The second-order valence-electron chi connectivity index (χ2n) is 7.77. The van der Waals surface area contributed by atoms with Crippen LogP contribution in [0.5, 0.6) is 0 Å². The van der Waals surface area contributed by atoms with Gasteiger partial charge in [-0.05, 0) is 38.5 Å². The summed E-state index contributed by atoms with van der Waals surface area (Å²) in [5.41, 5.74) is 0.355. The minimum absolute atomic E-state index is 0.0109. The first-order valence-corrected chi connectivity index (χ1v) is 9.74. The molecule has 2 amide bonds. The summed E-state index contributed by atoms with van der Waals surface area (Å²) in [4.78, 5) is 44.4. The predicted molar refractivity (Wildman–Crippen MR) is 101 cm³/mol. The van der Waals surface area contributed by atoms with E-state index in [9.17, 15) is 14.4 Å². The van der Waals surface area contributed by atoms with Gasteiger partial charge in [0, 0.05) is 44.6 Å². The molecule has 148 valence electrons. The van der Waals surface area contributed by atoms with Crippen molar-refractivity contribution < 1.29 is 9.59 Å². The van der Waals surface area contributed by atoms with Crippen molar-refractivity contribution in [1.82, 2.24) is 25.5 Å². The largest absolute Gasteiger partial charge is 0.355 e. The number of rotatable bonds is 8. The number of carbonyl (C=O) groups excluding carboxylic acids is 2. The summed E-state index contributed by atoms with van der Waals surface area (Å²) in [5.74, 6) is 1.24. The molecule has 8 nitrogen and oxygen atoms in total. The average Bonchev–Trinajstić information content (AvgIpc) is 3.33. The summed E-state index contributed by atoms with van der Waals surface area (Å²) in [5, 5.41) is 5.80. The molecule has 2 fully saturated rings. The van der Waals surface area contributed by atoms with Crippen molar-refractivity contribution in [2.45, 2.75) is 64.6 Å². The smallest absolute Gasteiger partial charge is 0.251 e.